The van der Waals surface area contributed by atoms with E-state index in [2.05, 4.69) is 20.3 Å². The predicted molar refractivity (Wildman–Crippen MR) is 91.6 cm³/mol. The number of likely N-dealkylation sites (tertiary alicyclic amines) is 1. The summed E-state index contributed by atoms with van der Waals surface area (Å²) in [6.07, 6.45) is 5.08. The van der Waals surface area contributed by atoms with E-state index in [1.807, 2.05) is 10.3 Å². The van der Waals surface area contributed by atoms with Gasteiger partial charge in [-0.05, 0) is 6.07 Å². The molecule has 2 saturated heterocycles. The number of carbonyl (C=O) groups excluding carboxylic acids is 1. The average Bonchev–Trinajstić information content (AvgIpc) is 3.26. The van der Waals surface area contributed by atoms with Gasteiger partial charge in [0.2, 0.25) is 11.9 Å². The van der Waals surface area contributed by atoms with Gasteiger partial charge in [0.25, 0.3) is 0 Å². The highest BCUT2D eigenvalue weighted by atomic mass is 32.1. The van der Waals surface area contributed by atoms with Crippen molar-refractivity contribution >= 4 is 28.3 Å². The highest BCUT2D eigenvalue weighted by Crippen LogP contribution is 2.31. The molecule has 2 aliphatic rings. The number of thiazole rings is 1. The lowest BCUT2D eigenvalue weighted by Crippen LogP contribution is -2.47. The van der Waals surface area contributed by atoms with Crippen LogP contribution in [0.1, 0.15) is 18.5 Å². The zero-order valence-electron chi connectivity index (χ0n) is 13.7. The zero-order chi connectivity index (χ0) is 17.1. The molecule has 0 aliphatic carbocycles. The summed E-state index contributed by atoms with van der Waals surface area (Å²) in [5, 5.41) is 5.60. The van der Waals surface area contributed by atoms with E-state index in [0.29, 0.717) is 43.8 Å². The molecule has 2 aromatic rings. The fourth-order valence-corrected chi connectivity index (χ4v) is 3.76. The summed E-state index contributed by atoms with van der Waals surface area (Å²) < 4.78 is 11.4. The molecule has 0 atom stereocenters. The Hall–Kier alpha value is -2.10. The lowest BCUT2D eigenvalue weighted by atomic mass is 10.0. The molecular formula is C16H19N5O3S. The summed E-state index contributed by atoms with van der Waals surface area (Å²) in [4.78, 5) is 27.0. The normalized spacial score (nSPS) is 19.3. The van der Waals surface area contributed by atoms with Gasteiger partial charge >= 0.3 is 0 Å². The number of carbonyl (C=O) groups is 1. The number of anilines is 2. The molecule has 4 heterocycles. The maximum absolute atomic E-state index is 12.5. The van der Waals surface area contributed by atoms with Crippen LogP contribution in [-0.2, 0) is 20.7 Å². The Morgan fingerprint density at radius 2 is 1.96 bits per heavy atom. The van der Waals surface area contributed by atoms with E-state index in [9.17, 15) is 4.79 Å². The second kappa shape index (κ2) is 7.03. The standard InChI is InChI=1S/C16H19N5O3S/c22-13(21-6-2-16(3-7-21)23-8-9-24-16)10-12-11-25-15(19-12)20-14-17-4-1-5-18-14/h1,4-5,11H,2-3,6-10H2,(H,17,18,19,20). The molecule has 0 radical (unpaired) electrons. The Morgan fingerprint density at radius 3 is 2.68 bits per heavy atom. The van der Waals surface area contributed by atoms with Gasteiger partial charge in [-0.1, -0.05) is 0 Å². The van der Waals surface area contributed by atoms with Crippen LogP contribution in [0.4, 0.5) is 11.1 Å². The number of hydrogen-bond acceptors (Lipinski definition) is 8. The highest BCUT2D eigenvalue weighted by Gasteiger charge is 2.40. The molecule has 0 unspecified atom stereocenters. The van der Waals surface area contributed by atoms with Crippen molar-refractivity contribution in [3.05, 3.63) is 29.5 Å². The van der Waals surface area contributed by atoms with Gasteiger partial charge in [-0.15, -0.1) is 11.3 Å². The third-order valence-electron chi connectivity index (χ3n) is 4.36. The van der Waals surface area contributed by atoms with Gasteiger partial charge in [-0.2, -0.15) is 0 Å². The van der Waals surface area contributed by atoms with Crippen molar-refractivity contribution in [2.75, 3.05) is 31.6 Å². The number of nitrogens with one attached hydrogen (secondary N) is 1. The van der Waals surface area contributed by atoms with Gasteiger partial charge < -0.3 is 19.7 Å². The summed E-state index contributed by atoms with van der Waals surface area (Å²) >= 11 is 1.44. The largest absolute Gasteiger partial charge is 0.347 e. The molecule has 25 heavy (non-hydrogen) atoms. The van der Waals surface area contributed by atoms with Crippen molar-refractivity contribution in [3.8, 4) is 0 Å². The predicted octanol–water partition coefficient (Wildman–Crippen LogP) is 1.58. The second-order valence-electron chi connectivity index (χ2n) is 6.01. The van der Waals surface area contributed by atoms with Gasteiger partial charge in [-0.25, -0.2) is 15.0 Å². The molecule has 2 aromatic heterocycles. The van der Waals surface area contributed by atoms with Crippen LogP contribution in [0.25, 0.3) is 0 Å². The quantitative estimate of drug-likeness (QED) is 0.884. The van der Waals surface area contributed by atoms with Crippen LogP contribution in [0.3, 0.4) is 0 Å². The summed E-state index contributed by atoms with van der Waals surface area (Å²) in [7, 11) is 0. The molecule has 1 N–H and O–H groups in total. The van der Waals surface area contributed by atoms with E-state index in [1.54, 1.807) is 18.5 Å². The van der Waals surface area contributed by atoms with Crippen LogP contribution in [-0.4, -0.2) is 57.8 Å². The van der Waals surface area contributed by atoms with Crippen LogP contribution < -0.4 is 5.32 Å². The number of hydrogen-bond donors (Lipinski definition) is 1. The van der Waals surface area contributed by atoms with E-state index in [4.69, 9.17) is 9.47 Å². The topological polar surface area (TPSA) is 89.5 Å². The SMILES string of the molecule is O=C(Cc1csc(Nc2ncccn2)n1)N1CCC2(CC1)OCCO2. The molecule has 0 bridgehead atoms. The van der Waals surface area contributed by atoms with E-state index >= 15 is 0 Å². The maximum atomic E-state index is 12.5. The molecule has 1 amide bonds. The van der Waals surface area contributed by atoms with Crippen molar-refractivity contribution in [2.24, 2.45) is 0 Å². The first-order valence-electron chi connectivity index (χ1n) is 8.27. The van der Waals surface area contributed by atoms with Crippen molar-refractivity contribution in [2.45, 2.75) is 25.0 Å². The molecule has 2 fully saturated rings. The fourth-order valence-electron chi connectivity index (χ4n) is 3.05. The van der Waals surface area contributed by atoms with Crippen molar-refractivity contribution in [1.29, 1.82) is 0 Å². The lowest BCUT2D eigenvalue weighted by molar-refractivity contribution is -0.187. The van der Waals surface area contributed by atoms with Gasteiger partial charge in [0.05, 0.1) is 25.3 Å². The minimum atomic E-state index is -0.454. The monoisotopic (exact) mass is 361 g/mol. The Kier molecular flexibility index (Phi) is 4.60. The summed E-state index contributed by atoms with van der Waals surface area (Å²) in [5.41, 5.74) is 0.752. The average molecular weight is 361 g/mol. The first-order valence-corrected chi connectivity index (χ1v) is 9.15. The van der Waals surface area contributed by atoms with Crippen LogP contribution in [0, 0.1) is 0 Å². The minimum Gasteiger partial charge on any atom is -0.347 e. The van der Waals surface area contributed by atoms with Crippen LogP contribution in [0.5, 0.6) is 0 Å². The summed E-state index contributed by atoms with van der Waals surface area (Å²) in [5.74, 6) is 0.123. The lowest BCUT2D eigenvalue weighted by Gasteiger charge is -2.37. The molecule has 9 heteroatoms. The summed E-state index contributed by atoms with van der Waals surface area (Å²) in [6, 6.07) is 1.75. The first kappa shape index (κ1) is 16.4. The molecule has 2 aliphatic heterocycles. The van der Waals surface area contributed by atoms with Crippen molar-refractivity contribution in [3.63, 3.8) is 0 Å². The van der Waals surface area contributed by atoms with E-state index < -0.39 is 5.79 Å². The minimum absolute atomic E-state index is 0.0839. The third-order valence-corrected chi connectivity index (χ3v) is 5.17. The fraction of sp³-hybridized carbons (Fsp3) is 0.500. The number of rotatable bonds is 4. The van der Waals surface area contributed by atoms with Crippen LogP contribution in [0.15, 0.2) is 23.8 Å². The molecule has 0 aromatic carbocycles. The third kappa shape index (κ3) is 3.78. The number of aromatic nitrogens is 3. The second-order valence-corrected chi connectivity index (χ2v) is 6.86. The van der Waals surface area contributed by atoms with E-state index in [-0.39, 0.29) is 5.91 Å². The van der Waals surface area contributed by atoms with E-state index in [1.165, 1.54) is 11.3 Å². The molecule has 132 valence electrons. The van der Waals surface area contributed by atoms with Gasteiger partial charge in [-0.3, -0.25) is 4.79 Å². The molecule has 0 saturated carbocycles. The number of ether oxygens (including phenoxy) is 2. The Labute approximate surface area is 149 Å². The Balaban J connectivity index is 1.31. The Morgan fingerprint density at radius 1 is 1.24 bits per heavy atom. The molecule has 4 rings (SSSR count). The van der Waals surface area contributed by atoms with Crippen molar-refractivity contribution < 1.29 is 14.3 Å². The summed E-state index contributed by atoms with van der Waals surface area (Å²) in [6.45, 7) is 2.61. The van der Waals surface area contributed by atoms with Gasteiger partial charge in [0.1, 0.15) is 0 Å². The van der Waals surface area contributed by atoms with Crippen LogP contribution in [0.2, 0.25) is 0 Å². The molecule has 1 spiro atoms. The number of piperidine rings is 1. The van der Waals surface area contributed by atoms with E-state index in [0.717, 1.165) is 18.5 Å². The maximum Gasteiger partial charge on any atom is 0.228 e. The molecule has 8 nitrogen and oxygen atoms in total. The zero-order valence-corrected chi connectivity index (χ0v) is 14.5. The number of amides is 1. The van der Waals surface area contributed by atoms with Gasteiger partial charge in [0, 0.05) is 43.7 Å². The smallest absolute Gasteiger partial charge is 0.228 e. The van der Waals surface area contributed by atoms with Gasteiger partial charge in [0.15, 0.2) is 10.9 Å². The Bertz CT molecular complexity index is 722. The number of nitrogens with zero attached hydrogens (tertiary/aromatic N) is 4. The molecular weight excluding hydrogens is 342 g/mol. The first-order chi connectivity index (χ1) is 12.2. The van der Waals surface area contributed by atoms with Crippen LogP contribution >= 0.6 is 11.3 Å². The van der Waals surface area contributed by atoms with Crippen molar-refractivity contribution in [1.82, 2.24) is 19.9 Å². The highest BCUT2D eigenvalue weighted by molar-refractivity contribution is 7.13.